The molecular weight excluding hydrogens is 253 g/mol. The Bertz CT molecular complexity index is 592. The zero-order valence-corrected chi connectivity index (χ0v) is 11.0. The Morgan fingerprint density at radius 2 is 2.17 bits per heavy atom. The van der Waals surface area contributed by atoms with Crippen LogP contribution in [0.2, 0.25) is 0 Å². The number of halogens is 1. The number of carbonyl (C=O) groups is 1. The van der Waals surface area contributed by atoms with Crippen LogP contribution >= 0.6 is 11.3 Å². The normalized spacial score (nSPS) is 11.8. The van der Waals surface area contributed by atoms with Gasteiger partial charge in [0, 0.05) is 4.70 Å². The molecule has 0 saturated heterocycles. The van der Waals surface area contributed by atoms with Crippen molar-refractivity contribution in [2.45, 2.75) is 19.4 Å². The summed E-state index contributed by atoms with van der Waals surface area (Å²) in [5, 5.41) is 12.5. The highest BCUT2D eigenvalue weighted by Crippen LogP contribution is 2.26. The lowest BCUT2D eigenvalue weighted by Crippen LogP contribution is -2.46. The van der Waals surface area contributed by atoms with E-state index in [1.54, 1.807) is 26.0 Å². The summed E-state index contributed by atoms with van der Waals surface area (Å²) < 4.78 is 13.9. The van der Waals surface area contributed by atoms with Gasteiger partial charge < -0.3 is 10.4 Å². The number of benzene rings is 1. The summed E-state index contributed by atoms with van der Waals surface area (Å²) in [6.45, 7) is 3.33. The smallest absolute Gasteiger partial charge is 0.261 e. The largest absolute Gasteiger partial charge is 0.394 e. The zero-order chi connectivity index (χ0) is 13.3. The van der Waals surface area contributed by atoms with Gasteiger partial charge in [0.15, 0.2) is 0 Å². The van der Waals surface area contributed by atoms with Crippen molar-refractivity contribution in [2.75, 3.05) is 6.61 Å². The van der Waals surface area contributed by atoms with Gasteiger partial charge >= 0.3 is 0 Å². The van der Waals surface area contributed by atoms with Crippen molar-refractivity contribution < 1.29 is 14.3 Å². The van der Waals surface area contributed by atoms with E-state index < -0.39 is 5.54 Å². The van der Waals surface area contributed by atoms with Gasteiger partial charge in [-0.15, -0.1) is 11.3 Å². The van der Waals surface area contributed by atoms with Gasteiger partial charge in [0.1, 0.15) is 5.82 Å². The topological polar surface area (TPSA) is 49.3 Å². The Kier molecular flexibility index (Phi) is 3.36. The zero-order valence-electron chi connectivity index (χ0n) is 10.2. The number of thiophene rings is 1. The summed E-state index contributed by atoms with van der Waals surface area (Å²) in [7, 11) is 0. The van der Waals surface area contributed by atoms with Gasteiger partial charge in [-0.3, -0.25) is 4.79 Å². The first-order chi connectivity index (χ1) is 8.41. The van der Waals surface area contributed by atoms with Crippen LogP contribution in [-0.4, -0.2) is 23.2 Å². The summed E-state index contributed by atoms with van der Waals surface area (Å²) in [6.07, 6.45) is 0. The van der Waals surface area contributed by atoms with Crippen LogP contribution in [0.3, 0.4) is 0 Å². The molecule has 18 heavy (non-hydrogen) atoms. The Hall–Kier alpha value is -1.46. The molecule has 0 fully saturated rings. The lowest BCUT2D eigenvalue weighted by molar-refractivity contribution is 0.0873. The quantitative estimate of drug-likeness (QED) is 0.898. The number of hydrogen-bond donors (Lipinski definition) is 2. The van der Waals surface area contributed by atoms with Crippen molar-refractivity contribution in [3.05, 3.63) is 35.0 Å². The Balaban J connectivity index is 2.28. The fourth-order valence-electron chi connectivity index (χ4n) is 1.53. The second-order valence-electron chi connectivity index (χ2n) is 4.79. The van der Waals surface area contributed by atoms with Crippen molar-refractivity contribution in [1.82, 2.24) is 5.32 Å². The molecule has 0 aliphatic rings. The summed E-state index contributed by atoms with van der Waals surface area (Å²) in [4.78, 5) is 12.5. The van der Waals surface area contributed by atoms with Crippen LogP contribution in [0.4, 0.5) is 4.39 Å². The highest BCUT2D eigenvalue weighted by Gasteiger charge is 2.21. The van der Waals surface area contributed by atoms with E-state index in [-0.39, 0.29) is 18.3 Å². The minimum absolute atomic E-state index is 0.141. The number of aliphatic hydroxyl groups is 1. The number of rotatable bonds is 3. The number of carbonyl (C=O) groups excluding carboxylic acids is 1. The summed E-state index contributed by atoms with van der Waals surface area (Å²) in [5.41, 5.74) is -0.668. The molecule has 0 saturated carbocycles. The van der Waals surface area contributed by atoms with Gasteiger partial charge in [-0.2, -0.15) is 0 Å². The molecule has 0 spiro atoms. The lowest BCUT2D eigenvalue weighted by atomic mass is 10.1. The number of nitrogens with one attached hydrogen (secondary N) is 1. The second-order valence-corrected chi connectivity index (χ2v) is 5.87. The molecule has 2 rings (SSSR count). The van der Waals surface area contributed by atoms with Crippen molar-refractivity contribution in [1.29, 1.82) is 0 Å². The van der Waals surface area contributed by atoms with Crippen LogP contribution in [0.25, 0.3) is 10.1 Å². The van der Waals surface area contributed by atoms with Gasteiger partial charge in [0.05, 0.1) is 17.0 Å². The van der Waals surface area contributed by atoms with E-state index in [4.69, 9.17) is 5.11 Å². The molecule has 1 aromatic carbocycles. The molecule has 1 aromatic heterocycles. The van der Waals surface area contributed by atoms with E-state index in [0.717, 1.165) is 4.70 Å². The van der Waals surface area contributed by atoms with Crippen molar-refractivity contribution in [2.24, 2.45) is 0 Å². The predicted octanol–water partition coefficient (Wildman–Crippen LogP) is 2.54. The first-order valence-corrected chi connectivity index (χ1v) is 6.35. The fourth-order valence-corrected chi connectivity index (χ4v) is 2.47. The third-order valence-corrected chi connectivity index (χ3v) is 3.66. The van der Waals surface area contributed by atoms with E-state index in [9.17, 15) is 9.18 Å². The number of fused-ring (bicyclic) bond motifs is 1. The molecule has 1 heterocycles. The van der Waals surface area contributed by atoms with Crippen LogP contribution < -0.4 is 5.32 Å². The van der Waals surface area contributed by atoms with E-state index >= 15 is 0 Å². The third kappa shape index (κ3) is 2.68. The molecule has 2 aromatic rings. The highest BCUT2D eigenvalue weighted by molar-refractivity contribution is 7.20. The molecule has 0 bridgehead atoms. The molecule has 1 amide bonds. The van der Waals surface area contributed by atoms with E-state index in [1.165, 1.54) is 23.5 Å². The van der Waals surface area contributed by atoms with Crippen LogP contribution in [0, 0.1) is 5.82 Å². The first-order valence-electron chi connectivity index (χ1n) is 5.54. The highest BCUT2D eigenvalue weighted by atomic mass is 32.1. The van der Waals surface area contributed by atoms with E-state index in [2.05, 4.69) is 5.32 Å². The van der Waals surface area contributed by atoms with Gasteiger partial charge in [0.25, 0.3) is 5.91 Å². The average Bonchev–Trinajstić information content (AvgIpc) is 2.71. The molecule has 0 aliphatic carbocycles. The van der Waals surface area contributed by atoms with Gasteiger partial charge in [-0.1, -0.05) is 0 Å². The minimum Gasteiger partial charge on any atom is -0.394 e. The Labute approximate surface area is 108 Å². The molecule has 0 unspecified atom stereocenters. The van der Waals surface area contributed by atoms with Crippen LogP contribution in [0.1, 0.15) is 23.5 Å². The Morgan fingerprint density at radius 1 is 1.44 bits per heavy atom. The molecule has 2 N–H and O–H groups in total. The number of hydrogen-bond acceptors (Lipinski definition) is 3. The average molecular weight is 267 g/mol. The Morgan fingerprint density at radius 3 is 2.83 bits per heavy atom. The monoisotopic (exact) mass is 267 g/mol. The fraction of sp³-hybridized carbons (Fsp3) is 0.308. The first kappa shape index (κ1) is 13.0. The van der Waals surface area contributed by atoms with Crippen molar-refractivity contribution in [3.63, 3.8) is 0 Å². The van der Waals surface area contributed by atoms with E-state index in [1.807, 2.05) is 0 Å². The van der Waals surface area contributed by atoms with Gasteiger partial charge in [-0.05, 0) is 43.5 Å². The lowest BCUT2D eigenvalue weighted by Gasteiger charge is -2.22. The second kappa shape index (κ2) is 4.66. The third-order valence-electron chi connectivity index (χ3n) is 2.55. The molecule has 0 radical (unpaired) electrons. The number of amides is 1. The van der Waals surface area contributed by atoms with Crippen LogP contribution in [0.15, 0.2) is 24.3 Å². The molecule has 3 nitrogen and oxygen atoms in total. The maximum atomic E-state index is 13.0. The maximum Gasteiger partial charge on any atom is 0.261 e. The number of aliphatic hydroxyl groups excluding tert-OH is 1. The summed E-state index contributed by atoms with van der Waals surface area (Å²) in [6, 6.07) is 6.09. The van der Waals surface area contributed by atoms with Gasteiger partial charge in [0.2, 0.25) is 0 Å². The minimum atomic E-state index is -0.668. The van der Waals surface area contributed by atoms with Crippen molar-refractivity contribution >= 4 is 27.3 Å². The molecular formula is C13H14FNO2S. The van der Waals surface area contributed by atoms with E-state index in [0.29, 0.717) is 10.3 Å². The summed E-state index contributed by atoms with van der Waals surface area (Å²) in [5.74, 6) is -0.571. The maximum absolute atomic E-state index is 13.0. The molecule has 5 heteroatoms. The SMILES string of the molecule is CC(C)(CO)NC(=O)c1cc2cc(F)ccc2s1. The standard InChI is InChI=1S/C13H14FNO2S/c1-13(2,7-16)15-12(17)11-6-8-5-9(14)3-4-10(8)18-11/h3-6,16H,7H2,1-2H3,(H,15,17). The predicted molar refractivity (Wildman–Crippen MR) is 70.4 cm³/mol. The molecule has 0 aliphatic heterocycles. The van der Waals surface area contributed by atoms with Gasteiger partial charge in [-0.25, -0.2) is 4.39 Å². The van der Waals surface area contributed by atoms with Crippen molar-refractivity contribution in [3.8, 4) is 0 Å². The molecule has 96 valence electrons. The van der Waals surface area contributed by atoms with Crippen LogP contribution in [-0.2, 0) is 0 Å². The van der Waals surface area contributed by atoms with Crippen LogP contribution in [0.5, 0.6) is 0 Å². The molecule has 0 atom stereocenters. The summed E-state index contributed by atoms with van der Waals surface area (Å²) >= 11 is 1.30.